The molecule has 1 aromatic carbocycles. The first kappa shape index (κ1) is 12.9. The number of oxazole rings is 1. The minimum absolute atomic E-state index is 0.366. The summed E-state index contributed by atoms with van der Waals surface area (Å²) < 4.78 is 7.54. The normalized spacial score (nSPS) is 10.9. The van der Waals surface area contributed by atoms with Crippen molar-refractivity contribution in [1.82, 2.24) is 9.55 Å². The fraction of sp³-hybridized carbons (Fsp3) is 0.143. The van der Waals surface area contributed by atoms with Gasteiger partial charge in [-0.3, -0.25) is 4.57 Å². The van der Waals surface area contributed by atoms with E-state index in [4.69, 9.17) is 4.42 Å². The van der Waals surface area contributed by atoms with E-state index in [1.54, 1.807) is 19.3 Å². The highest BCUT2D eigenvalue weighted by atomic mass is 79.9. The Kier molecular flexibility index (Phi) is 3.10. The number of nitrogens with one attached hydrogen (secondary N) is 1. The van der Waals surface area contributed by atoms with E-state index in [-0.39, 0.29) is 5.76 Å². The van der Waals surface area contributed by atoms with Gasteiger partial charge in [-0.25, -0.2) is 9.78 Å². The van der Waals surface area contributed by atoms with Crippen LogP contribution in [0.2, 0.25) is 0 Å². The molecule has 0 aliphatic carbocycles. The molecule has 3 rings (SSSR count). The van der Waals surface area contributed by atoms with E-state index in [0.29, 0.717) is 5.58 Å². The van der Waals surface area contributed by atoms with Crippen LogP contribution in [0.4, 0.5) is 11.5 Å². The Morgan fingerprint density at radius 3 is 2.90 bits per heavy atom. The van der Waals surface area contributed by atoms with Crippen LogP contribution in [0.15, 0.2) is 44.1 Å². The van der Waals surface area contributed by atoms with Crippen LogP contribution in [0.5, 0.6) is 0 Å². The number of benzene rings is 1. The summed E-state index contributed by atoms with van der Waals surface area (Å²) in [4.78, 5) is 15.7. The van der Waals surface area contributed by atoms with E-state index < -0.39 is 0 Å². The Hall–Kier alpha value is -2.08. The van der Waals surface area contributed by atoms with Crippen molar-refractivity contribution >= 4 is 38.5 Å². The molecule has 0 atom stereocenters. The van der Waals surface area contributed by atoms with E-state index in [1.165, 1.54) is 4.57 Å². The molecule has 5 nitrogen and oxygen atoms in total. The van der Waals surface area contributed by atoms with Crippen molar-refractivity contribution in [2.45, 2.75) is 6.92 Å². The molecular weight excluding hydrogens is 322 g/mol. The van der Waals surface area contributed by atoms with Crippen LogP contribution >= 0.6 is 15.9 Å². The number of hydrogen-bond donors (Lipinski definition) is 1. The fourth-order valence-electron chi connectivity index (χ4n) is 1.96. The molecule has 0 saturated heterocycles. The highest BCUT2D eigenvalue weighted by Crippen LogP contribution is 2.23. The summed E-state index contributed by atoms with van der Waals surface area (Å²) >= 11 is 3.42. The maximum absolute atomic E-state index is 11.4. The lowest BCUT2D eigenvalue weighted by atomic mass is 10.2. The number of anilines is 2. The number of pyridine rings is 1. The average Bonchev–Trinajstić information content (AvgIpc) is 2.70. The number of hydrogen-bond acceptors (Lipinski definition) is 4. The third-order valence-corrected chi connectivity index (χ3v) is 3.94. The number of halogens is 1. The molecule has 6 heteroatoms. The molecular formula is C14H12BrN3O2. The fourth-order valence-corrected chi connectivity index (χ4v) is 2.18. The second-order valence-corrected chi connectivity index (χ2v) is 5.41. The van der Waals surface area contributed by atoms with Gasteiger partial charge < -0.3 is 9.73 Å². The lowest BCUT2D eigenvalue weighted by Gasteiger charge is -2.07. The highest BCUT2D eigenvalue weighted by Gasteiger charge is 2.07. The molecule has 3 aromatic rings. The topological polar surface area (TPSA) is 60.1 Å². The SMILES string of the molecule is Cc1cc(Nc2ccc3oc(=O)n(C)c3c2)ncc1Br. The van der Waals surface area contributed by atoms with E-state index in [9.17, 15) is 4.79 Å². The van der Waals surface area contributed by atoms with Crippen LogP contribution in [0, 0.1) is 6.92 Å². The van der Waals surface area contributed by atoms with Crippen LogP contribution in [-0.2, 0) is 7.05 Å². The molecule has 2 heterocycles. The van der Waals surface area contributed by atoms with Gasteiger partial charge in [-0.1, -0.05) is 0 Å². The van der Waals surface area contributed by atoms with Gasteiger partial charge in [0, 0.05) is 23.4 Å². The molecule has 0 amide bonds. The molecule has 0 radical (unpaired) electrons. The Morgan fingerprint density at radius 2 is 2.15 bits per heavy atom. The van der Waals surface area contributed by atoms with Gasteiger partial charge in [0.25, 0.3) is 0 Å². The van der Waals surface area contributed by atoms with Crippen molar-refractivity contribution < 1.29 is 4.42 Å². The number of fused-ring (bicyclic) bond motifs is 1. The second-order valence-electron chi connectivity index (χ2n) is 4.55. The van der Waals surface area contributed by atoms with Gasteiger partial charge in [0.15, 0.2) is 5.58 Å². The average molecular weight is 334 g/mol. The Morgan fingerprint density at radius 1 is 1.35 bits per heavy atom. The first-order valence-corrected chi connectivity index (χ1v) is 6.82. The molecule has 0 spiro atoms. The maximum atomic E-state index is 11.4. The third kappa shape index (κ3) is 2.22. The molecule has 0 unspecified atom stereocenters. The predicted octanol–water partition coefficient (Wildman–Crippen LogP) is 3.34. The van der Waals surface area contributed by atoms with Gasteiger partial charge in [-0.05, 0) is 52.7 Å². The minimum atomic E-state index is -0.366. The Balaban J connectivity index is 2.00. The molecule has 0 aliphatic rings. The zero-order valence-corrected chi connectivity index (χ0v) is 12.6. The lowest BCUT2D eigenvalue weighted by Crippen LogP contribution is -2.08. The second kappa shape index (κ2) is 4.79. The summed E-state index contributed by atoms with van der Waals surface area (Å²) in [5.74, 6) is 0.383. The van der Waals surface area contributed by atoms with Gasteiger partial charge in [-0.15, -0.1) is 0 Å². The van der Waals surface area contributed by atoms with Crippen LogP contribution in [0.1, 0.15) is 5.56 Å². The van der Waals surface area contributed by atoms with Crippen molar-refractivity contribution in [2.75, 3.05) is 5.32 Å². The van der Waals surface area contributed by atoms with Crippen LogP contribution in [0.25, 0.3) is 11.1 Å². The summed E-state index contributed by atoms with van der Waals surface area (Å²) in [6, 6.07) is 7.43. The summed E-state index contributed by atoms with van der Waals surface area (Å²) in [5, 5.41) is 3.21. The molecule has 20 heavy (non-hydrogen) atoms. The molecule has 0 saturated carbocycles. The van der Waals surface area contributed by atoms with E-state index in [0.717, 1.165) is 27.1 Å². The molecule has 0 fully saturated rings. The Labute approximate surface area is 123 Å². The summed E-state index contributed by atoms with van der Waals surface area (Å²) in [7, 11) is 1.68. The first-order valence-electron chi connectivity index (χ1n) is 6.03. The predicted molar refractivity (Wildman–Crippen MR) is 81.4 cm³/mol. The number of rotatable bonds is 2. The molecule has 102 valence electrons. The van der Waals surface area contributed by atoms with Gasteiger partial charge in [-0.2, -0.15) is 0 Å². The lowest BCUT2D eigenvalue weighted by molar-refractivity contribution is 0.528. The number of aryl methyl sites for hydroxylation is 2. The summed E-state index contributed by atoms with van der Waals surface area (Å²) in [6.45, 7) is 2.00. The zero-order valence-electron chi connectivity index (χ0n) is 11.0. The van der Waals surface area contributed by atoms with Crippen LogP contribution in [0.3, 0.4) is 0 Å². The van der Waals surface area contributed by atoms with Crippen molar-refractivity contribution in [3.05, 3.63) is 51.0 Å². The largest absolute Gasteiger partial charge is 0.419 e. The van der Waals surface area contributed by atoms with Gasteiger partial charge in [0.05, 0.1) is 5.52 Å². The molecule has 1 N–H and O–H groups in total. The molecule has 0 aliphatic heterocycles. The van der Waals surface area contributed by atoms with Gasteiger partial charge in [0.2, 0.25) is 0 Å². The smallest absolute Gasteiger partial charge is 0.408 e. The molecule has 2 aromatic heterocycles. The Bertz CT molecular complexity index is 851. The van der Waals surface area contributed by atoms with E-state index in [2.05, 4.69) is 26.2 Å². The minimum Gasteiger partial charge on any atom is -0.408 e. The van der Waals surface area contributed by atoms with Gasteiger partial charge in [0.1, 0.15) is 5.82 Å². The van der Waals surface area contributed by atoms with Gasteiger partial charge >= 0.3 is 5.76 Å². The zero-order chi connectivity index (χ0) is 14.3. The quantitative estimate of drug-likeness (QED) is 0.781. The summed E-state index contributed by atoms with van der Waals surface area (Å²) in [5.41, 5.74) is 3.26. The number of nitrogens with zero attached hydrogens (tertiary/aromatic N) is 2. The van der Waals surface area contributed by atoms with E-state index >= 15 is 0 Å². The van der Waals surface area contributed by atoms with Crippen molar-refractivity contribution in [3.8, 4) is 0 Å². The van der Waals surface area contributed by atoms with Crippen molar-refractivity contribution in [1.29, 1.82) is 0 Å². The third-order valence-electron chi connectivity index (χ3n) is 3.11. The number of aromatic nitrogens is 2. The first-order chi connectivity index (χ1) is 9.54. The monoisotopic (exact) mass is 333 g/mol. The highest BCUT2D eigenvalue weighted by molar-refractivity contribution is 9.10. The van der Waals surface area contributed by atoms with Crippen molar-refractivity contribution in [3.63, 3.8) is 0 Å². The van der Waals surface area contributed by atoms with E-state index in [1.807, 2.05) is 25.1 Å². The van der Waals surface area contributed by atoms with Crippen LogP contribution in [-0.4, -0.2) is 9.55 Å². The standard InChI is InChI=1S/C14H12BrN3O2/c1-8-5-13(16-7-10(8)15)17-9-3-4-12-11(6-9)18(2)14(19)20-12/h3-7H,1-2H3,(H,16,17). The molecule has 0 bridgehead atoms. The van der Waals surface area contributed by atoms with Crippen LogP contribution < -0.4 is 11.1 Å². The van der Waals surface area contributed by atoms with Crippen molar-refractivity contribution in [2.24, 2.45) is 7.05 Å². The summed E-state index contributed by atoms with van der Waals surface area (Å²) in [6.07, 6.45) is 1.75. The maximum Gasteiger partial charge on any atom is 0.419 e.